The number of ketones is 1. The quantitative estimate of drug-likeness (QED) is 0.147. The smallest absolute Gasteiger partial charge is 0.307 e. The fourth-order valence-electron chi connectivity index (χ4n) is 4.23. The third kappa shape index (κ3) is 5.10. The van der Waals surface area contributed by atoms with Crippen molar-refractivity contribution >= 4 is 17.5 Å². The highest BCUT2D eigenvalue weighted by Crippen LogP contribution is 2.42. The maximum absolute atomic E-state index is 13.3. The van der Waals surface area contributed by atoms with Gasteiger partial charge >= 0.3 is 5.69 Å². The molecule has 3 aromatic carbocycles. The van der Waals surface area contributed by atoms with Crippen molar-refractivity contribution in [2.24, 2.45) is 0 Å². The molecule has 0 atom stereocenters. The van der Waals surface area contributed by atoms with E-state index in [1.54, 1.807) is 43.5 Å². The van der Waals surface area contributed by atoms with E-state index in [1.807, 2.05) is 48.5 Å². The second-order valence-electron chi connectivity index (χ2n) is 8.42. The van der Waals surface area contributed by atoms with Crippen LogP contribution >= 0.6 is 11.8 Å². The van der Waals surface area contributed by atoms with E-state index in [1.165, 1.54) is 11.8 Å². The molecule has 0 spiro atoms. The first-order chi connectivity index (χ1) is 19.5. The van der Waals surface area contributed by atoms with Gasteiger partial charge in [0.05, 0.1) is 36.5 Å². The van der Waals surface area contributed by atoms with Crippen LogP contribution in [0.3, 0.4) is 0 Å². The van der Waals surface area contributed by atoms with E-state index in [0.717, 1.165) is 17.3 Å². The Kier molecular flexibility index (Phi) is 7.75. The summed E-state index contributed by atoms with van der Waals surface area (Å²) in [5.41, 5.74) is 3.17. The number of benzene rings is 3. The summed E-state index contributed by atoms with van der Waals surface area (Å²) in [7, 11) is 3.07. The van der Waals surface area contributed by atoms with E-state index in [-0.39, 0.29) is 17.0 Å². The fourth-order valence-corrected chi connectivity index (χ4v) is 5.10. The molecule has 0 amide bonds. The monoisotopic (exact) mass is 550 g/mol. The van der Waals surface area contributed by atoms with Crippen molar-refractivity contribution in [2.75, 3.05) is 20.0 Å². The number of nitrogens with zero attached hydrogens (tertiary/aromatic N) is 4. The average Bonchev–Trinajstić information content (AvgIpc) is 3.40. The van der Waals surface area contributed by atoms with Crippen LogP contribution < -0.4 is 19.3 Å². The molecule has 0 radical (unpaired) electrons. The lowest BCUT2D eigenvalue weighted by Crippen LogP contribution is -2.39. The van der Waals surface area contributed by atoms with Crippen LogP contribution in [0.15, 0.2) is 94.5 Å². The summed E-state index contributed by atoms with van der Waals surface area (Å²) < 4.78 is 17.1. The summed E-state index contributed by atoms with van der Waals surface area (Å²) in [6.07, 6.45) is 0. The van der Waals surface area contributed by atoms with E-state index in [0.29, 0.717) is 39.0 Å². The number of hydrogen-bond acceptors (Lipinski definition) is 9. The highest BCUT2D eigenvalue weighted by Gasteiger charge is 2.28. The Hall–Kier alpha value is -5.14. The van der Waals surface area contributed by atoms with Gasteiger partial charge in [0.2, 0.25) is 11.5 Å². The van der Waals surface area contributed by atoms with Crippen LogP contribution in [0.4, 0.5) is 0 Å². The topological polar surface area (TPSA) is 125 Å². The number of aromatic nitrogens is 3. The second kappa shape index (κ2) is 11.7. The summed E-state index contributed by atoms with van der Waals surface area (Å²) in [6, 6.07) is 27.7. The van der Waals surface area contributed by atoms with Crippen molar-refractivity contribution in [3.8, 4) is 51.6 Å². The molecule has 5 rings (SSSR count). The SMILES string of the molecule is COc1cccc(-c2cc(-c3ccccc3)nc(SCC(=O)c3c([O-])on[n+]3-c3ccccc3)c2C#N)c1OC. The lowest BCUT2D eigenvalue weighted by Gasteiger charge is -2.16. The van der Waals surface area contributed by atoms with Crippen LogP contribution in [0.1, 0.15) is 16.1 Å². The minimum absolute atomic E-state index is 0.183. The van der Waals surface area contributed by atoms with Crippen molar-refractivity contribution in [3.05, 3.63) is 96.2 Å². The molecule has 0 aliphatic carbocycles. The Bertz CT molecular complexity index is 1720. The third-order valence-corrected chi connectivity index (χ3v) is 7.05. The van der Waals surface area contributed by atoms with Gasteiger partial charge in [0.15, 0.2) is 17.4 Å². The number of para-hydroxylation sites is 2. The van der Waals surface area contributed by atoms with Gasteiger partial charge in [-0.05, 0) is 16.8 Å². The van der Waals surface area contributed by atoms with Crippen molar-refractivity contribution < 1.29 is 28.6 Å². The largest absolute Gasteiger partial charge is 0.539 e. The standard InChI is InChI=1S/C30H22N4O5S/c1-37-26-15-9-14-21(28(26)38-2)22-16-24(19-10-5-3-6-11-19)32-29(23(22)17-31)40-18-25(35)27-30(36)39-33-34(27)20-12-7-4-8-13-20/h3-16H,18H2,1-2H3. The Morgan fingerprint density at radius 1 is 1.00 bits per heavy atom. The van der Waals surface area contributed by atoms with Gasteiger partial charge in [-0.15, -0.1) is 0 Å². The number of nitriles is 1. The lowest BCUT2D eigenvalue weighted by atomic mass is 9.98. The van der Waals surface area contributed by atoms with E-state index in [9.17, 15) is 15.2 Å². The second-order valence-corrected chi connectivity index (χ2v) is 9.39. The van der Waals surface area contributed by atoms with Crippen LogP contribution in [0, 0.1) is 11.3 Å². The van der Waals surface area contributed by atoms with Gasteiger partial charge in [0.25, 0.3) is 0 Å². The molecule has 0 aliphatic heterocycles. The zero-order valence-electron chi connectivity index (χ0n) is 21.5. The number of carbonyl (C=O) groups is 1. The van der Waals surface area contributed by atoms with Gasteiger partial charge in [0.1, 0.15) is 11.1 Å². The highest BCUT2D eigenvalue weighted by atomic mass is 32.2. The number of pyridine rings is 1. The number of thioether (sulfide) groups is 1. The molecule has 2 aromatic heterocycles. The van der Waals surface area contributed by atoms with E-state index < -0.39 is 11.7 Å². The van der Waals surface area contributed by atoms with Crippen molar-refractivity contribution in [1.29, 1.82) is 5.26 Å². The van der Waals surface area contributed by atoms with Crippen LogP contribution in [-0.4, -0.2) is 36.0 Å². The van der Waals surface area contributed by atoms with Crippen LogP contribution in [0.25, 0.3) is 28.1 Å². The van der Waals surface area contributed by atoms with Gasteiger partial charge < -0.3 is 19.1 Å². The highest BCUT2D eigenvalue weighted by molar-refractivity contribution is 8.00. The average molecular weight is 551 g/mol. The zero-order valence-corrected chi connectivity index (χ0v) is 22.3. The summed E-state index contributed by atoms with van der Waals surface area (Å²) in [5, 5.41) is 26.8. The molecule has 40 heavy (non-hydrogen) atoms. The number of rotatable bonds is 9. The molecule has 198 valence electrons. The molecule has 0 N–H and O–H groups in total. The van der Waals surface area contributed by atoms with Crippen molar-refractivity contribution in [3.63, 3.8) is 0 Å². The molecule has 0 saturated carbocycles. The first kappa shape index (κ1) is 26.5. The number of Topliss-reactive ketones (excluding diaryl/α,β-unsaturated/α-hetero) is 1. The van der Waals surface area contributed by atoms with Gasteiger partial charge in [-0.25, -0.2) is 4.98 Å². The molecular formula is C30H22N4O5S. The molecule has 0 fully saturated rings. The van der Waals surface area contributed by atoms with Crippen LogP contribution in [0.5, 0.6) is 17.4 Å². The fraction of sp³-hybridized carbons (Fsp3) is 0.100. The van der Waals surface area contributed by atoms with Gasteiger partial charge in [-0.2, -0.15) is 5.26 Å². The maximum atomic E-state index is 13.3. The molecule has 0 bridgehead atoms. The Morgan fingerprint density at radius 3 is 2.40 bits per heavy atom. The number of carbonyl (C=O) groups excluding carboxylic acids is 1. The number of methoxy groups -OCH3 is 2. The molecule has 9 nitrogen and oxygen atoms in total. The predicted octanol–water partition coefficient (Wildman–Crippen LogP) is 4.62. The number of ether oxygens (including phenoxy) is 2. The molecule has 5 aromatic rings. The van der Waals surface area contributed by atoms with Crippen molar-refractivity contribution in [2.45, 2.75) is 5.03 Å². The summed E-state index contributed by atoms with van der Waals surface area (Å²) in [5.74, 6) is -0.577. The van der Waals surface area contributed by atoms with Gasteiger partial charge in [-0.3, -0.25) is 4.79 Å². The predicted molar refractivity (Wildman–Crippen MR) is 145 cm³/mol. The normalized spacial score (nSPS) is 10.6. The molecule has 0 aliphatic rings. The van der Waals surface area contributed by atoms with E-state index in [2.05, 4.69) is 11.3 Å². The minimum atomic E-state index is -0.845. The summed E-state index contributed by atoms with van der Waals surface area (Å²) in [6.45, 7) is 0. The molecule has 2 heterocycles. The molecule has 0 saturated heterocycles. The Morgan fingerprint density at radius 2 is 1.73 bits per heavy atom. The lowest BCUT2D eigenvalue weighted by molar-refractivity contribution is -0.672. The van der Waals surface area contributed by atoms with Crippen LogP contribution in [-0.2, 0) is 0 Å². The third-order valence-electron chi connectivity index (χ3n) is 6.08. The van der Waals surface area contributed by atoms with E-state index >= 15 is 0 Å². The zero-order chi connectivity index (χ0) is 28.1. The summed E-state index contributed by atoms with van der Waals surface area (Å²) >= 11 is 1.05. The molecule has 10 heteroatoms. The Labute approximate surface area is 234 Å². The van der Waals surface area contributed by atoms with Gasteiger partial charge in [0, 0.05) is 28.8 Å². The minimum Gasteiger partial charge on any atom is -0.539 e. The molecular weight excluding hydrogens is 528 g/mol. The maximum Gasteiger partial charge on any atom is 0.307 e. The Balaban J connectivity index is 1.59. The van der Waals surface area contributed by atoms with Gasteiger partial charge in [-0.1, -0.05) is 72.4 Å². The first-order valence-corrected chi connectivity index (χ1v) is 13.1. The van der Waals surface area contributed by atoms with Crippen LogP contribution in [0.2, 0.25) is 0 Å². The van der Waals surface area contributed by atoms with E-state index in [4.69, 9.17) is 19.0 Å². The first-order valence-electron chi connectivity index (χ1n) is 12.1. The summed E-state index contributed by atoms with van der Waals surface area (Å²) in [4.78, 5) is 18.0. The molecule has 0 unspecified atom stereocenters. The number of hydrogen-bond donors (Lipinski definition) is 0. The van der Waals surface area contributed by atoms with Crippen molar-refractivity contribution in [1.82, 2.24) is 10.3 Å².